The Morgan fingerprint density at radius 1 is 1.21 bits per heavy atom. The predicted molar refractivity (Wildman–Crippen MR) is 107 cm³/mol. The van der Waals surface area contributed by atoms with Crippen LogP contribution in [-0.4, -0.2) is 47.8 Å². The molecule has 1 saturated carbocycles. The molecule has 156 valence electrons. The van der Waals surface area contributed by atoms with Crippen molar-refractivity contribution in [3.05, 3.63) is 47.3 Å². The number of aryl methyl sites for hydroxylation is 2. The van der Waals surface area contributed by atoms with E-state index in [0.29, 0.717) is 37.4 Å². The van der Waals surface area contributed by atoms with E-state index in [1.807, 2.05) is 35.2 Å². The zero-order chi connectivity index (χ0) is 20.6. The summed E-state index contributed by atoms with van der Waals surface area (Å²) in [4.78, 5) is 15.4. The van der Waals surface area contributed by atoms with E-state index >= 15 is 0 Å². The summed E-state index contributed by atoms with van der Waals surface area (Å²) in [5, 5.41) is 3.78. The third-order valence-electron chi connectivity index (χ3n) is 5.77. The van der Waals surface area contributed by atoms with Crippen molar-refractivity contribution in [1.29, 1.82) is 0 Å². The number of hydrogen-bond acceptors (Lipinski definition) is 5. The number of nitrogens with zero attached hydrogens (tertiary/aromatic N) is 3. The monoisotopic (exact) mass is 417 g/mol. The molecule has 1 aliphatic carbocycles. The first-order valence-electron chi connectivity index (χ1n) is 10.2. The van der Waals surface area contributed by atoms with Crippen LogP contribution in [0.2, 0.25) is 0 Å². The van der Waals surface area contributed by atoms with E-state index in [-0.39, 0.29) is 29.3 Å². The maximum atomic E-state index is 13.4. The van der Waals surface area contributed by atoms with Crippen molar-refractivity contribution >= 4 is 15.9 Å². The highest BCUT2D eigenvalue weighted by molar-refractivity contribution is 7.89. The molecule has 2 aromatic rings. The van der Waals surface area contributed by atoms with Crippen molar-refractivity contribution in [2.24, 2.45) is 5.92 Å². The fraction of sp³-hybridized carbons (Fsp3) is 0.524. The average molecular weight is 418 g/mol. The van der Waals surface area contributed by atoms with E-state index in [1.54, 1.807) is 13.8 Å². The maximum absolute atomic E-state index is 13.4. The minimum Gasteiger partial charge on any atom is -0.360 e. The molecule has 0 spiro atoms. The van der Waals surface area contributed by atoms with Gasteiger partial charge in [0.2, 0.25) is 15.9 Å². The summed E-state index contributed by atoms with van der Waals surface area (Å²) in [6.45, 7) is 4.44. The fourth-order valence-corrected chi connectivity index (χ4v) is 5.94. The highest BCUT2D eigenvalue weighted by Gasteiger charge is 2.40. The molecule has 0 N–H and O–H groups in total. The van der Waals surface area contributed by atoms with E-state index in [2.05, 4.69) is 5.16 Å². The maximum Gasteiger partial charge on any atom is 0.248 e. The first-order valence-corrected chi connectivity index (χ1v) is 11.6. The zero-order valence-electron chi connectivity index (χ0n) is 16.9. The molecule has 1 unspecified atom stereocenters. The van der Waals surface area contributed by atoms with Gasteiger partial charge in [-0.2, -0.15) is 4.31 Å². The summed E-state index contributed by atoms with van der Waals surface area (Å²) in [6.07, 6.45) is 3.42. The van der Waals surface area contributed by atoms with Gasteiger partial charge in [-0.25, -0.2) is 8.42 Å². The number of amides is 1. The number of carbonyl (C=O) groups excluding carboxylic acids is 1. The van der Waals surface area contributed by atoms with Gasteiger partial charge in [0.15, 0.2) is 5.76 Å². The van der Waals surface area contributed by atoms with Gasteiger partial charge in [0.25, 0.3) is 0 Å². The average Bonchev–Trinajstić information content (AvgIpc) is 3.50. The molecule has 7 nitrogen and oxygen atoms in total. The van der Waals surface area contributed by atoms with Gasteiger partial charge in [-0.3, -0.25) is 4.79 Å². The van der Waals surface area contributed by atoms with Gasteiger partial charge >= 0.3 is 0 Å². The molecule has 1 aliphatic heterocycles. The Kier molecular flexibility index (Phi) is 5.48. The molecule has 1 aromatic carbocycles. The minimum atomic E-state index is -3.73. The smallest absolute Gasteiger partial charge is 0.248 e. The minimum absolute atomic E-state index is 0.0648. The summed E-state index contributed by atoms with van der Waals surface area (Å²) in [7, 11) is -3.73. The van der Waals surface area contributed by atoms with Crippen LogP contribution in [0, 0.1) is 19.8 Å². The van der Waals surface area contributed by atoms with Gasteiger partial charge < -0.3 is 9.42 Å². The molecule has 0 radical (unpaired) electrons. The topological polar surface area (TPSA) is 83.7 Å². The van der Waals surface area contributed by atoms with Crippen molar-refractivity contribution in [3.63, 3.8) is 0 Å². The van der Waals surface area contributed by atoms with Gasteiger partial charge in [0, 0.05) is 25.7 Å². The Morgan fingerprint density at radius 3 is 2.55 bits per heavy atom. The molecule has 1 aromatic heterocycles. The first-order chi connectivity index (χ1) is 13.9. The Morgan fingerprint density at radius 2 is 1.93 bits per heavy atom. The molecule has 2 aliphatic rings. The number of piperidine rings is 1. The lowest BCUT2D eigenvalue weighted by atomic mass is 9.97. The molecule has 1 atom stereocenters. The van der Waals surface area contributed by atoms with Crippen LogP contribution < -0.4 is 0 Å². The lowest BCUT2D eigenvalue weighted by molar-refractivity contribution is -0.138. The summed E-state index contributed by atoms with van der Waals surface area (Å²) in [6, 6.07) is 10.2. The van der Waals surface area contributed by atoms with Gasteiger partial charge in [-0.1, -0.05) is 35.5 Å². The highest BCUT2D eigenvalue weighted by atomic mass is 32.2. The molecule has 8 heteroatoms. The second-order valence-corrected chi connectivity index (χ2v) is 9.91. The highest BCUT2D eigenvalue weighted by Crippen LogP contribution is 2.33. The summed E-state index contributed by atoms with van der Waals surface area (Å²) >= 11 is 0. The number of sulfonamides is 1. The van der Waals surface area contributed by atoms with E-state index in [1.165, 1.54) is 4.31 Å². The number of carbonyl (C=O) groups is 1. The Bertz CT molecular complexity index is 963. The van der Waals surface area contributed by atoms with Crippen LogP contribution in [0.5, 0.6) is 0 Å². The quantitative estimate of drug-likeness (QED) is 0.722. The summed E-state index contributed by atoms with van der Waals surface area (Å²) in [5.41, 5.74) is 1.46. The van der Waals surface area contributed by atoms with Crippen molar-refractivity contribution < 1.29 is 17.7 Å². The third kappa shape index (κ3) is 4.09. The van der Waals surface area contributed by atoms with Crippen molar-refractivity contribution in [2.45, 2.75) is 57.0 Å². The van der Waals surface area contributed by atoms with Gasteiger partial charge in [-0.15, -0.1) is 0 Å². The SMILES string of the molecule is Cc1noc(C)c1S(=O)(=O)N1CCCC(C(=O)N(Cc2ccccc2)C2CC2)C1. The zero-order valence-corrected chi connectivity index (χ0v) is 17.7. The predicted octanol–water partition coefficient (Wildman–Crippen LogP) is 2.88. The molecular weight excluding hydrogens is 390 g/mol. The van der Waals surface area contributed by atoms with Crippen LogP contribution >= 0.6 is 0 Å². The number of rotatable bonds is 6. The number of benzene rings is 1. The summed E-state index contributed by atoms with van der Waals surface area (Å²) < 4.78 is 32.8. The third-order valence-corrected chi connectivity index (χ3v) is 7.88. The Labute approximate surface area is 171 Å². The van der Waals surface area contributed by atoms with Crippen LogP contribution in [0.3, 0.4) is 0 Å². The lowest BCUT2D eigenvalue weighted by Gasteiger charge is -2.34. The van der Waals surface area contributed by atoms with Crippen LogP contribution in [0.25, 0.3) is 0 Å². The van der Waals surface area contributed by atoms with Gasteiger partial charge in [0.1, 0.15) is 10.6 Å². The number of hydrogen-bond donors (Lipinski definition) is 0. The fourth-order valence-electron chi connectivity index (χ4n) is 4.12. The van der Waals surface area contributed by atoms with Crippen molar-refractivity contribution in [1.82, 2.24) is 14.4 Å². The van der Waals surface area contributed by atoms with Crippen molar-refractivity contribution in [3.8, 4) is 0 Å². The molecule has 1 saturated heterocycles. The van der Waals surface area contributed by atoms with E-state index in [4.69, 9.17) is 4.52 Å². The molecule has 0 bridgehead atoms. The van der Waals surface area contributed by atoms with Crippen LogP contribution in [0.4, 0.5) is 0 Å². The van der Waals surface area contributed by atoms with Crippen molar-refractivity contribution in [2.75, 3.05) is 13.1 Å². The first kappa shape index (κ1) is 20.1. The van der Waals surface area contributed by atoms with Gasteiger partial charge in [-0.05, 0) is 45.1 Å². The molecule has 2 fully saturated rings. The normalized spacial score (nSPS) is 20.6. The summed E-state index contributed by atoms with van der Waals surface area (Å²) in [5.74, 6) is 0.0398. The Hall–Kier alpha value is -2.19. The van der Waals surface area contributed by atoms with Crippen LogP contribution in [0.15, 0.2) is 39.8 Å². The second kappa shape index (κ2) is 7.91. The molecule has 1 amide bonds. The van der Waals surface area contributed by atoms with E-state index < -0.39 is 10.0 Å². The Balaban J connectivity index is 1.52. The van der Waals surface area contributed by atoms with Crippen LogP contribution in [-0.2, 0) is 21.4 Å². The molecular formula is C21H27N3O4S. The van der Waals surface area contributed by atoms with E-state index in [0.717, 1.165) is 18.4 Å². The van der Waals surface area contributed by atoms with Crippen LogP contribution in [0.1, 0.15) is 42.7 Å². The molecule has 29 heavy (non-hydrogen) atoms. The molecule has 4 rings (SSSR count). The lowest BCUT2D eigenvalue weighted by Crippen LogP contribution is -2.47. The van der Waals surface area contributed by atoms with E-state index in [9.17, 15) is 13.2 Å². The largest absolute Gasteiger partial charge is 0.360 e. The number of aromatic nitrogens is 1. The van der Waals surface area contributed by atoms with Gasteiger partial charge in [0.05, 0.1) is 5.92 Å². The second-order valence-electron chi connectivity index (χ2n) is 8.04. The molecule has 2 heterocycles. The standard InChI is InChI=1S/C21H27N3O4S/c1-15-20(16(2)28-22-15)29(26,27)23-12-6-9-18(14-23)21(25)24(19-10-11-19)13-17-7-4-3-5-8-17/h3-5,7-8,18-19H,6,9-14H2,1-2H3.